The van der Waals surface area contributed by atoms with Crippen LogP contribution in [0, 0.1) is 0 Å². The minimum atomic E-state index is -0.484. The van der Waals surface area contributed by atoms with Crippen molar-refractivity contribution in [3.05, 3.63) is 59.0 Å². The zero-order valence-corrected chi connectivity index (χ0v) is 21.8. The second-order valence-electron chi connectivity index (χ2n) is 7.56. The smallest absolute Gasteiger partial charge is 0.290 e. The maximum atomic E-state index is 13.4. The molecule has 4 rings (SSSR count). The van der Waals surface area contributed by atoms with Gasteiger partial charge in [-0.05, 0) is 35.9 Å². The predicted octanol–water partition coefficient (Wildman–Crippen LogP) is 3.59. The van der Waals surface area contributed by atoms with E-state index in [0.717, 1.165) is 28.4 Å². The molecule has 36 heavy (non-hydrogen) atoms. The van der Waals surface area contributed by atoms with Crippen LogP contribution >= 0.6 is 35.7 Å². The molecule has 12 heteroatoms. The summed E-state index contributed by atoms with van der Waals surface area (Å²) in [5.74, 6) is -0.165. The van der Waals surface area contributed by atoms with Gasteiger partial charge in [-0.3, -0.25) is 33.9 Å². The number of ether oxygens (including phenoxy) is 2. The van der Waals surface area contributed by atoms with E-state index >= 15 is 0 Å². The Morgan fingerprint density at radius 2 is 1.78 bits per heavy atom. The third-order valence-corrected chi connectivity index (χ3v) is 7.60. The fourth-order valence-electron chi connectivity index (χ4n) is 3.52. The Morgan fingerprint density at radius 1 is 1.06 bits per heavy atom. The summed E-state index contributed by atoms with van der Waals surface area (Å²) in [7, 11) is 3.06. The lowest BCUT2D eigenvalue weighted by atomic mass is 10.2. The van der Waals surface area contributed by atoms with Crippen molar-refractivity contribution in [3.8, 4) is 11.5 Å². The summed E-state index contributed by atoms with van der Waals surface area (Å²) in [6.45, 7) is -0.587. The summed E-state index contributed by atoms with van der Waals surface area (Å²) in [5.41, 5.74) is 1.19. The Labute approximate surface area is 221 Å². The van der Waals surface area contributed by atoms with Gasteiger partial charge in [0.05, 0.1) is 24.9 Å². The summed E-state index contributed by atoms with van der Waals surface area (Å²) >= 11 is 7.37. The molecule has 2 saturated heterocycles. The van der Waals surface area contributed by atoms with E-state index in [1.807, 2.05) is 0 Å². The number of carbonyl (C=O) groups excluding carboxylic acids is 4. The van der Waals surface area contributed by atoms with Gasteiger partial charge < -0.3 is 9.47 Å². The first-order chi connectivity index (χ1) is 17.3. The fraction of sp³-hybridized carbons (Fsp3) is 0.208. The SMILES string of the molecule is COc1ccc(/C=C2\SC(=S)N(CC(=O)N(CN3C(=O)CSC3=O)c3ccccc3)C2=O)cc1OC. The van der Waals surface area contributed by atoms with Gasteiger partial charge in [-0.25, -0.2) is 0 Å². The van der Waals surface area contributed by atoms with Crippen LogP contribution in [0.5, 0.6) is 11.5 Å². The van der Waals surface area contributed by atoms with Gasteiger partial charge in [0, 0.05) is 5.69 Å². The monoisotopic (exact) mass is 543 g/mol. The molecule has 2 aliphatic rings. The van der Waals surface area contributed by atoms with Crippen molar-refractivity contribution < 1.29 is 28.7 Å². The maximum absolute atomic E-state index is 13.4. The van der Waals surface area contributed by atoms with Gasteiger partial charge in [0.2, 0.25) is 11.8 Å². The molecule has 0 saturated carbocycles. The molecule has 9 nitrogen and oxygen atoms in total. The molecule has 4 amide bonds. The highest BCUT2D eigenvalue weighted by atomic mass is 32.2. The molecule has 0 N–H and O–H groups in total. The number of imide groups is 1. The number of carbonyl (C=O) groups is 4. The Bertz CT molecular complexity index is 1250. The quantitative estimate of drug-likeness (QED) is 0.366. The third-order valence-electron chi connectivity index (χ3n) is 5.36. The van der Waals surface area contributed by atoms with Crippen LogP contribution in [0.3, 0.4) is 0 Å². The molecule has 0 unspecified atom stereocenters. The van der Waals surface area contributed by atoms with Gasteiger partial charge in [0.1, 0.15) is 17.5 Å². The molecule has 2 fully saturated rings. The van der Waals surface area contributed by atoms with E-state index in [2.05, 4.69) is 0 Å². The molecule has 0 aromatic heterocycles. The van der Waals surface area contributed by atoms with Crippen LogP contribution in [0.15, 0.2) is 53.4 Å². The Hall–Kier alpha value is -3.35. The largest absolute Gasteiger partial charge is 0.493 e. The molecule has 2 aromatic rings. The van der Waals surface area contributed by atoms with Gasteiger partial charge in [-0.15, -0.1) is 0 Å². The van der Waals surface area contributed by atoms with Crippen molar-refractivity contribution in [2.75, 3.05) is 38.1 Å². The summed E-state index contributed by atoms with van der Waals surface area (Å²) in [6.07, 6.45) is 1.67. The number of methoxy groups -OCH3 is 2. The van der Waals surface area contributed by atoms with Gasteiger partial charge in [-0.2, -0.15) is 0 Å². The van der Waals surface area contributed by atoms with Crippen molar-refractivity contribution >= 4 is 74.8 Å². The molecular weight excluding hydrogens is 522 g/mol. The van der Waals surface area contributed by atoms with Gasteiger partial charge in [-0.1, -0.05) is 60.0 Å². The second-order valence-corrected chi connectivity index (χ2v) is 10.2. The van der Waals surface area contributed by atoms with Crippen LogP contribution in [0.25, 0.3) is 6.08 Å². The zero-order chi connectivity index (χ0) is 25.8. The van der Waals surface area contributed by atoms with Gasteiger partial charge >= 0.3 is 0 Å². The lowest BCUT2D eigenvalue weighted by Gasteiger charge is -2.28. The number of anilines is 1. The van der Waals surface area contributed by atoms with Crippen LogP contribution in [0.4, 0.5) is 10.5 Å². The average Bonchev–Trinajstić information content (AvgIpc) is 3.34. The minimum absolute atomic E-state index is 0.0330. The highest BCUT2D eigenvalue weighted by Gasteiger charge is 2.37. The molecule has 0 aliphatic carbocycles. The van der Waals surface area contributed by atoms with Gasteiger partial charge in [0.15, 0.2) is 11.5 Å². The molecule has 186 valence electrons. The lowest BCUT2D eigenvalue weighted by molar-refractivity contribution is -0.128. The Balaban J connectivity index is 1.54. The first kappa shape index (κ1) is 25.7. The van der Waals surface area contributed by atoms with E-state index < -0.39 is 17.1 Å². The van der Waals surface area contributed by atoms with E-state index in [-0.39, 0.29) is 29.2 Å². The van der Waals surface area contributed by atoms with E-state index in [4.69, 9.17) is 21.7 Å². The standard InChI is InChI=1S/C24H21N3O6S3/c1-32-17-9-8-15(10-18(17)33-2)11-19-22(30)25(24(34)36-19)12-20(28)26(16-6-4-3-5-7-16)14-27-21(29)13-35-23(27)31/h3-11H,12-14H2,1-2H3/b19-11-. The average molecular weight is 544 g/mol. The maximum Gasteiger partial charge on any atom is 0.290 e. The Morgan fingerprint density at radius 3 is 2.42 bits per heavy atom. The first-order valence-corrected chi connectivity index (χ1v) is 12.8. The van der Waals surface area contributed by atoms with Crippen molar-refractivity contribution in [2.45, 2.75) is 0 Å². The normalized spacial score (nSPS) is 16.8. The first-order valence-electron chi connectivity index (χ1n) is 10.6. The lowest BCUT2D eigenvalue weighted by Crippen LogP contribution is -2.48. The van der Waals surface area contributed by atoms with E-state index in [9.17, 15) is 19.2 Å². The van der Waals surface area contributed by atoms with Crippen molar-refractivity contribution in [2.24, 2.45) is 0 Å². The number of hydrogen-bond donors (Lipinski definition) is 0. The Kier molecular flexibility index (Phi) is 7.97. The molecule has 2 aromatic carbocycles. The van der Waals surface area contributed by atoms with Crippen LogP contribution in [-0.4, -0.2) is 70.3 Å². The van der Waals surface area contributed by atoms with Crippen LogP contribution < -0.4 is 14.4 Å². The zero-order valence-electron chi connectivity index (χ0n) is 19.3. The highest BCUT2D eigenvalue weighted by molar-refractivity contribution is 8.26. The molecule has 0 bridgehead atoms. The number of thioether (sulfide) groups is 2. The number of rotatable bonds is 8. The molecule has 0 spiro atoms. The molecule has 2 aliphatic heterocycles. The van der Waals surface area contributed by atoms with Crippen LogP contribution in [0.1, 0.15) is 5.56 Å². The summed E-state index contributed by atoms with van der Waals surface area (Å²) in [4.78, 5) is 54.7. The number of amides is 4. The van der Waals surface area contributed by atoms with Crippen molar-refractivity contribution in [3.63, 3.8) is 0 Å². The summed E-state index contributed by atoms with van der Waals surface area (Å²) in [6, 6.07) is 13.9. The van der Waals surface area contributed by atoms with E-state index in [0.29, 0.717) is 27.7 Å². The molecule has 0 atom stereocenters. The van der Waals surface area contributed by atoms with E-state index in [1.54, 1.807) is 54.6 Å². The molecule has 2 heterocycles. The topological polar surface area (TPSA) is 96.5 Å². The van der Waals surface area contributed by atoms with E-state index in [1.165, 1.54) is 24.0 Å². The minimum Gasteiger partial charge on any atom is -0.493 e. The van der Waals surface area contributed by atoms with Crippen molar-refractivity contribution in [1.29, 1.82) is 0 Å². The molecule has 0 radical (unpaired) electrons. The van der Waals surface area contributed by atoms with Crippen LogP contribution in [0.2, 0.25) is 0 Å². The predicted molar refractivity (Wildman–Crippen MR) is 143 cm³/mol. The summed E-state index contributed by atoms with van der Waals surface area (Å²) < 4.78 is 10.8. The number of benzene rings is 2. The van der Waals surface area contributed by atoms with Crippen LogP contribution in [-0.2, 0) is 14.4 Å². The number of hydrogen-bond acceptors (Lipinski definition) is 9. The molecular formula is C24H21N3O6S3. The van der Waals surface area contributed by atoms with Gasteiger partial charge in [0.25, 0.3) is 11.1 Å². The van der Waals surface area contributed by atoms with Crippen molar-refractivity contribution in [1.82, 2.24) is 9.80 Å². The number of nitrogens with zero attached hydrogens (tertiary/aromatic N) is 3. The summed E-state index contributed by atoms with van der Waals surface area (Å²) in [5, 5.41) is -0.419. The fourth-order valence-corrected chi connectivity index (χ4v) is 5.50. The number of para-hydroxylation sites is 1. The second kappa shape index (κ2) is 11.1. The highest BCUT2D eigenvalue weighted by Crippen LogP contribution is 2.35. The third kappa shape index (κ3) is 5.40. The number of thiocarbonyl (C=S) groups is 1.